The number of rotatable bonds is 44. The van der Waals surface area contributed by atoms with E-state index in [4.69, 9.17) is 18.5 Å². The molecule has 0 saturated heterocycles. The van der Waals surface area contributed by atoms with Crippen LogP contribution in [0.15, 0.2) is 36.5 Å². The molecule has 346 valence electrons. The van der Waals surface area contributed by atoms with Gasteiger partial charge in [0, 0.05) is 12.8 Å². The standard InChI is InChI=1S/C49H92NO8P/c1-6-8-10-12-14-16-18-20-22-24-26-28-30-32-34-36-38-40-42-49(52)58-47(46-57-59(53,54)56-44-43-50(3,4)5)45-55-48(51)41-39-37-35-33-31-29-27-25-23-21-19-17-15-13-11-9-7-2/h16,18,21-24,47H,6-15,17,19-20,25-46H2,1-5H3/p+1/b18-16-,23-21-,24-22-. The fourth-order valence-electron chi connectivity index (χ4n) is 6.57. The van der Waals surface area contributed by atoms with E-state index in [9.17, 15) is 19.0 Å². The third-order valence-electron chi connectivity index (χ3n) is 10.4. The largest absolute Gasteiger partial charge is 0.472 e. The monoisotopic (exact) mass is 855 g/mol. The van der Waals surface area contributed by atoms with Crippen molar-refractivity contribution in [3.8, 4) is 0 Å². The van der Waals surface area contributed by atoms with Crippen LogP contribution in [0.2, 0.25) is 0 Å². The Labute approximate surface area is 363 Å². The van der Waals surface area contributed by atoms with Gasteiger partial charge in [0.05, 0.1) is 27.7 Å². The van der Waals surface area contributed by atoms with E-state index in [1.807, 2.05) is 21.1 Å². The summed E-state index contributed by atoms with van der Waals surface area (Å²) in [6.45, 7) is 4.40. The van der Waals surface area contributed by atoms with E-state index in [0.29, 0.717) is 17.4 Å². The third kappa shape index (κ3) is 45.6. The third-order valence-corrected chi connectivity index (χ3v) is 11.4. The van der Waals surface area contributed by atoms with Gasteiger partial charge in [-0.25, -0.2) is 4.57 Å². The van der Waals surface area contributed by atoms with Gasteiger partial charge in [0.2, 0.25) is 0 Å². The maximum Gasteiger partial charge on any atom is 0.472 e. The molecule has 2 unspecified atom stereocenters. The highest BCUT2D eigenvalue weighted by atomic mass is 31.2. The summed E-state index contributed by atoms with van der Waals surface area (Å²) in [5.74, 6) is -0.808. The average Bonchev–Trinajstić information content (AvgIpc) is 3.19. The minimum absolute atomic E-state index is 0.0294. The molecule has 0 fully saturated rings. The molecule has 0 aromatic heterocycles. The second kappa shape index (κ2) is 41.6. The SMILES string of the molecule is CCCCCC/C=C\C/C=C\CCCCCCCCCC(=O)OC(COC(=O)CCCCCCCCC/C=C\CCCCCCCC)COP(=O)(O)OCC[N+](C)(C)C. The lowest BCUT2D eigenvalue weighted by Gasteiger charge is -2.24. The Hall–Kier alpha value is -1.77. The van der Waals surface area contributed by atoms with Crippen LogP contribution in [0.1, 0.15) is 213 Å². The first kappa shape index (κ1) is 57.2. The van der Waals surface area contributed by atoms with Gasteiger partial charge in [-0.05, 0) is 70.6 Å². The van der Waals surface area contributed by atoms with Crippen LogP contribution in [0.4, 0.5) is 0 Å². The minimum Gasteiger partial charge on any atom is -0.462 e. The van der Waals surface area contributed by atoms with Gasteiger partial charge < -0.3 is 18.9 Å². The molecule has 0 aliphatic rings. The van der Waals surface area contributed by atoms with Crippen molar-refractivity contribution in [1.29, 1.82) is 0 Å². The van der Waals surface area contributed by atoms with Crippen molar-refractivity contribution in [2.75, 3.05) is 47.5 Å². The lowest BCUT2D eigenvalue weighted by molar-refractivity contribution is -0.870. The molecule has 2 atom stereocenters. The Morgan fingerprint density at radius 3 is 1.37 bits per heavy atom. The number of hydrogen-bond donors (Lipinski definition) is 1. The van der Waals surface area contributed by atoms with E-state index >= 15 is 0 Å². The topological polar surface area (TPSA) is 108 Å². The molecule has 0 aliphatic heterocycles. The first-order valence-corrected chi connectivity index (χ1v) is 25.7. The van der Waals surface area contributed by atoms with Gasteiger partial charge in [0.15, 0.2) is 6.10 Å². The highest BCUT2D eigenvalue weighted by Gasteiger charge is 2.27. The smallest absolute Gasteiger partial charge is 0.462 e. The van der Waals surface area contributed by atoms with E-state index < -0.39 is 26.5 Å². The molecule has 0 aromatic carbocycles. The number of hydrogen-bond acceptors (Lipinski definition) is 7. The van der Waals surface area contributed by atoms with E-state index in [0.717, 1.165) is 51.4 Å². The van der Waals surface area contributed by atoms with Crippen LogP contribution < -0.4 is 0 Å². The first-order valence-electron chi connectivity index (χ1n) is 24.2. The summed E-state index contributed by atoms with van der Waals surface area (Å²) in [6, 6.07) is 0. The molecule has 0 amide bonds. The molecule has 59 heavy (non-hydrogen) atoms. The van der Waals surface area contributed by atoms with Gasteiger partial charge in [-0.1, -0.05) is 166 Å². The van der Waals surface area contributed by atoms with E-state index in [1.165, 1.54) is 128 Å². The van der Waals surface area contributed by atoms with Crippen LogP contribution in [0, 0.1) is 0 Å². The normalized spacial score (nSPS) is 13.8. The van der Waals surface area contributed by atoms with Gasteiger partial charge in [-0.3, -0.25) is 18.6 Å². The molecule has 0 radical (unpaired) electrons. The Bertz CT molecular complexity index is 1100. The van der Waals surface area contributed by atoms with Crippen molar-refractivity contribution in [2.24, 2.45) is 0 Å². The first-order chi connectivity index (χ1) is 28.5. The Balaban J connectivity index is 4.32. The summed E-state index contributed by atoms with van der Waals surface area (Å²) in [4.78, 5) is 35.5. The number of unbranched alkanes of at least 4 members (excludes halogenated alkanes) is 24. The average molecular weight is 855 g/mol. The summed E-state index contributed by atoms with van der Waals surface area (Å²) in [5.41, 5.74) is 0. The second-order valence-electron chi connectivity index (χ2n) is 17.5. The molecule has 0 aromatic rings. The van der Waals surface area contributed by atoms with Crippen LogP contribution in [-0.4, -0.2) is 74.9 Å². The Morgan fingerprint density at radius 2 is 0.915 bits per heavy atom. The van der Waals surface area contributed by atoms with Gasteiger partial charge in [-0.2, -0.15) is 0 Å². The fourth-order valence-corrected chi connectivity index (χ4v) is 7.31. The highest BCUT2D eigenvalue weighted by molar-refractivity contribution is 7.47. The summed E-state index contributed by atoms with van der Waals surface area (Å²) < 4.78 is 34.4. The van der Waals surface area contributed by atoms with E-state index in [-0.39, 0.29) is 32.0 Å². The molecule has 1 N–H and O–H groups in total. The van der Waals surface area contributed by atoms with Gasteiger partial charge in [-0.15, -0.1) is 0 Å². The molecule has 0 saturated carbocycles. The van der Waals surface area contributed by atoms with Crippen molar-refractivity contribution in [3.63, 3.8) is 0 Å². The van der Waals surface area contributed by atoms with Crippen molar-refractivity contribution < 1.29 is 42.1 Å². The lowest BCUT2D eigenvalue weighted by Crippen LogP contribution is -2.37. The molecule has 0 bridgehead atoms. The number of quaternary nitrogens is 1. The number of carbonyl (C=O) groups excluding carboxylic acids is 2. The molecule has 9 nitrogen and oxygen atoms in total. The van der Waals surface area contributed by atoms with Gasteiger partial charge in [0.25, 0.3) is 0 Å². The predicted octanol–water partition coefficient (Wildman–Crippen LogP) is 14.1. The fraction of sp³-hybridized carbons (Fsp3) is 0.837. The molecule has 0 aliphatic carbocycles. The number of phosphoric ester groups is 1. The summed E-state index contributed by atoms with van der Waals surface area (Å²) >= 11 is 0. The zero-order valence-electron chi connectivity index (χ0n) is 39.0. The van der Waals surface area contributed by atoms with Crippen molar-refractivity contribution >= 4 is 19.8 Å². The lowest BCUT2D eigenvalue weighted by atomic mass is 10.1. The highest BCUT2D eigenvalue weighted by Crippen LogP contribution is 2.43. The number of phosphoric acid groups is 1. The predicted molar refractivity (Wildman–Crippen MR) is 247 cm³/mol. The number of carbonyl (C=O) groups is 2. The molecule has 0 heterocycles. The summed E-state index contributed by atoms with van der Waals surface area (Å²) in [5, 5.41) is 0. The van der Waals surface area contributed by atoms with Gasteiger partial charge >= 0.3 is 19.8 Å². The van der Waals surface area contributed by atoms with Crippen LogP contribution in [0.25, 0.3) is 0 Å². The molecule has 10 heteroatoms. The zero-order chi connectivity index (χ0) is 43.6. The van der Waals surface area contributed by atoms with Crippen molar-refractivity contribution in [3.05, 3.63) is 36.5 Å². The van der Waals surface area contributed by atoms with Crippen molar-refractivity contribution in [1.82, 2.24) is 0 Å². The maximum atomic E-state index is 12.7. The minimum atomic E-state index is -4.38. The van der Waals surface area contributed by atoms with Gasteiger partial charge in [0.1, 0.15) is 19.8 Å². The van der Waals surface area contributed by atoms with Crippen LogP contribution in [0.3, 0.4) is 0 Å². The zero-order valence-corrected chi connectivity index (χ0v) is 39.9. The number of ether oxygens (including phenoxy) is 2. The Kier molecular flexibility index (Phi) is 40.3. The van der Waals surface area contributed by atoms with E-state index in [1.54, 1.807) is 0 Å². The molecular formula is C49H93NO8P+. The summed E-state index contributed by atoms with van der Waals surface area (Å²) in [6.07, 6.45) is 47.5. The number of nitrogens with zero attached hydrogens (tertiary/aromatic N) is 1. The van der Waals surface area contributed by atoms with Crippen LogP contribution in [0.5, 0.6) is 0 Å². The molecule has 0 spiro atoms. The molecule has 0 rings (SSSR count). The maximum absolute atomic E-state index is 12.7. The quantitative estimate of drug-likeness (QED) is 0.0212. The van der Waals surface area contributed by atoms with Crippen LogP contribution >= 0.6 is 7.82 Å². The number of likely N-dealkylation sites (N-methyl/N-ethyl adjacent to an activating group) is 1. The second-order valence-corrected chi connectivity index (χ2v) is 18.9. The van der Waals surface area contributed by atoms with E-state index in [2.05, 4.69) is 50.3 Å². The van der Waals surface area contributed by atoms with Crippen molar-refractivity contribution in [2.45, 2.75) is 219 Å². The summed E-state index contributed by atoms with van der Waals surface area (Å²) in [7, 11) is 1.47. The number of esters is 2. The van der Waals surface area contributed by atoms with Crippen LogP contribution in [-0.2, 0) is 32.7 Å². The number of allylic oxidation sites excluding steroid dienone is 6. The molecular weight excluding hydrogens is 762 g/mol. The Morgan fingerprint density at radius 1 is 0.525 bits per heavy atom.